The van der Waals surface area contributed by atoms with E-state index >= 15 is 0 Å². The summed E-state index contributed by atoms with van der Waals surface area (Å²) in [4.78, 5) is 0.589. The van der Waals surface area contributed by atoms with Crippen molar-refractivity contribution in [2.24, 2.45) is 0 Å². The molecule has 0 aliphatic heterocycles. The third kappa shape index (κ3) is 2.57. The average molecular weight is 320 g/mol. The van der Waals surface area contributed by atoms with E-state index in [1.165, 1.54) is 24.5 Å². The first kappa shape index (κ1) is 13.9. The molecular formula is C9H10BrF4NS. The van der Waals surface area contributed by atoms with Gasteiger partial charge in [-0.1, -0.05) is 0 Å². The SMILES string of the molecule is CNC(c1cc(Br)sc1C)C(F)(F)C(F)F. The van der Waals surface area contributed by atoms with Gasteiger partial charge in [0.05, 0.1) is 3.79 Å². The van der Waals surface area contributed by atoms with Crippen molar-refractivity contribution < 1.29 is 17.6 Å². The van der Waals surface area contributed by atoms with Gasteiger partial charge in [-0.15, -0.1) is 11.3 Å². The Morgan fingerprint density at radius 3 is 2.31 bits per heavy atom. The lowest BCUT2D eigenvalue weighted by Crippen LogP contribution is -2.41. The van der Waals surface area contributed by atoms with Gasteiger partial charge in [-0.25, -0.2) is 8.78 Å². The van der Waals surface area contributed by atoms with Gasteiger partial charge in [0, 0.05) is 4.88 Å². The summed E-state index contributed by atoms with van der Waals surface area (Å²) < 4.78 is 51.7. The van der Waals surface area contributed by atoms with E-state index in [9.17, 15) is 17.6 Å². The highest BCUT2D eigenvalue weighted by Gasteiger charge is 2.49. The molecule has 1 unspecified atom stereocenters. The fourth-order valence-electron chi connectivity index (χ4n) is 1.43. The fraction of sp³-hybridized carbons (Fsp3) is 0.556. The van der Waals surface area contributed by atoms with Gasteiger partial charge in [0.1, 0.15) is 6.04 Å². The summed E-state index contributed by atoms with van der Waals surface area (Å²) in [5.74, 6) is -4.08. The van der Waals surface area contributed by atoms with Crippen LogP contribution in [0.5, 0.6) is 0 Å². The quantitative estimate of drug-likeness (QED) is 0.828. The van der Waals surface area contributed by atoms with Crippen molar-refractivity contribution in [2.75, 3.05) is 7.05 Å². The first-order chi connectivity index (χ1) is 7.30. The Labute approximate surface area is 103 Å². The smallest absolute Gasteiger partial charge is 0.308 e. The second kappa shape index (κ2) is 5.01. The zero-order chi connectivity index (χ0) is 12.5. The molecule has 1 atom stereocenters. The summed E-state index contributed by atoms with van der Waals surface area (Å²) in [6.07, 6.45) is -3.69. The summed E-state index contributed by atoms with van der Waals surface area (Å²) in [6, 6.07) is -0.229. The van der Waals surface area contributed by atoms with Crippen molar-refractivity contribution in [1.29, 1.82) is 0 Å². The molecule has 1 N–H and O–H groups in total. The summed E-state index contributed by atoms with van der Waals surface area (Å²) in [7, 11) is 1.24. The second-order valence-corrected chi connectivity index (χ2v) is 5.89. The van der Waals surface area contributed by atoms with Gasteiger partial charge in [0.2, 0.25) is 0 Å². The van der Waals surface area contributed by atoms with Crippen LogP contribution >= 0.6 is 27.3 Å². The molecule has 1 rings (SSSR count). The maximum Gasteiger partial charge on any atom is 0.326 e. The van der Waals surface area contributed by atoms with Crippen molar-refractivity contribution in [3.05, 3.63) is 20.3 Å². The van der Waals surface area contributed by atoms with E-state index < -0.39 is 18.4 Å². The minimum Gasteiger partial charge on any atom is -0.308 e. The highest BCUT2D eigenvalue weighted by atomic mass is 79.9. The Balaban J connectivity index is 3.12. The normalized spacial score (nSPS) is 14.5. The van der Waals surface area contributed by atoms with Crippen LogP contribution in [0, 0.1) is 6.92 Å². The largest absolute Gasteiger partial charge is 0.326 e. The predicted octanol–water partition coefficient (Wildman–Crippen LogP) is 3.98. The standard InChI is InChI=1S/C9H10BrF4NS/c1-4-5(3-6(10)16-4)7(15-2)9(13,14)8(11)12/h3,7-8,15H,1-2H3. The molecule has 0 radical (unpaired) electrons. The molecule has 0 saturated carbocycles. The molecular weight excluding hydrogens is 310 g/mol. The molecule has 0 spiro atoms. The molecule has 1 aromatic rings. The number of rotatable bonds is 4. The summed E-state index contributed by atoms with van der Waals surface area (Å²) in [5, 5.41) is 2.25. The third-order valence-electron chi connectivity index (χ3n) is 2.20. The van der Waals surface area contributed by atoms with E-state index in [4.69, 9.17) is 0 Å². The first-order valence-corrected chi connectivity index (χ1v) is 6.00. The van der Waals surface area contributed by atoms with Gasteiger partial charge >= 0.3 is 12.3 Å². The zero-order valence-corrected chi connectivity index (χ0v) is 10.9. The number of hydrogen-bond donors (Lipinski definition) is 1. The van der Waals surface area contributed by atoms with Gasteiger partial charge in [-0.3, -0.25) is 0 Å². The summed E-state index contributed by atoms with van der Waals surface area (Å²) in [5.41, 5.74) is 0.199. The average Bonchev–Trinajstić information content (AvgIpc) is 2.46. The van der Waals surface area contributed by atoms with Crippen LogP contribution in [0.2, 0.25) is 0 Å². The summed E-state index contributed by atoms with van der Waals surface area (Å²) >= 11 is 4.38. The number of thiophene rings is 1. The topological polar surface area (TPSA) is 12.0 Å². The molecule has 1 aromatic heterocycles. The lowest BCUT2D eigenvalue weighted by molar-refractivity contribution is -0.150. The zero-order valence-electron chi connectivity index (χ0n) is 8.53. The molecule has 0 amide bonds. The monoisotopic (exact) mass is 319 g/mol. The molecule has 1 heterocycles. The number of hydrogen-bond acceptors (Lipinski definition) is 2. The van der Waals surface area contributed by atoms with Crippen LogP contribution in [0.3, 0.4) is 0 Å². The molecule has 1 nitrogen and oxygen atoms in total. The molecule has 7 heteroatoms. The van der Waals surface area contributed by atoms with E-state index in [0.717, 1.165) is 0 Å². The van der Waals surface area contributed by atoms with E-state index in [2.05, 4.69) is 21.2 Å². The fourth-order valence-corrected chi connectivity index (χ4v) is 3.17. The van der Waals surface area contributed by atoms with Gasteiger partial charge in [-0.2, -0.15) is 8.78 Å². The van der Waals surface area contributed by atoms with Crippen molar-refractivity contribution in [3.63, 3.8) is 0 Å². The lowest BCUT2D eigenvalue weighted by Gasteiger charge is -2.25. The number of nitrogens with one attached hydrogen (secondary N) is 1. The Morgan fingerprint density at radius 1 is 1.44 bits per heavy atom. The van der Waals surface area contributed by atoms with Gasteiger partial charge in [0.25, 0.3) is 0 Å². The van der Waals surface area contributed by atoms with Crippen molar-refractivity contribution in [2.45, 2.75) is 25.3 Å². The van der Waals surface area contributed by atoms with Crippen LogP contribution in [0.1, 0.15) is 16.5 Å². The highest BCUT2D eigenvalue weighted by molar-refractivity contribution is 9.11. The molecule has 0 aromatic carbocycles. The van der Waals surface area contributed by atoms with Gasteiger partial charge in [0.15, 0.2) is 0 Å². The van der Waals surface area contributed by atoms with Crippen LogP contribution in [-0.2, 0) is 0 Å². The number of aryl methyl sites for hydroxylation is 1. The van der Waals surface area contributed by atoms with Gasteiger partial charge < -0.3 is 5.32 Å². The third-order valence-corrected chi connectivity index (χ3v) is 3.77. The van der Waals surface area contributed by atoms with E-state index in [0.29, 0.717) is 8.66 Å². The van der Waals surface area contributed by atoms with Crippen LogP contribution in [0.4, 0.5) is 17.6 Å². The Kier molecular flexibility index (Phi) is 4.36. The van der Waals surface area contributed by atoms with Crippen molar-refractivity contribution in [3.8, 4) is 0 Å². The Morgan fingerprint density at radius 2 is 2.00 bits per heavy atom. The predicted molar refractivity (Wildman–Crippen MR) is 59.5 cm³/mol. The Hall–Kier alpha value is -0.140. The highest BCUT2D eigenvalue weighted by Crippen LogP contribution is 2.40. The minimum absolute atomic E-state index is 0.199. The van der Waals surface area contributed by atoms with Crippen LogP contribution in [-0.4, -0.2) is 19.4 Å². The molecule has 0 saturated heterocycles. The molecule has 0 bridgehead atoms. The minimum atomic E-state index is -4.08. The van der Waals surface area contributed by atoms with E-state index in [-0.39, 0.29) is 5.56 Å². The molecule has 92 valence electrons. The summed E-state index contributed by atoms with van der Waals surface area (Å²) in [6.45, 7) is 1.62. The Bertz CT molecular complexity index is 366. The van der Waals surface area contributed by atoms with Crippen LogP contribution in [0.25, 0.3) is 0 Å². The van der Waals surface area contributed by atoms with Crippen LogP contribution < -0.4 is 5.32 Å². The van der Waals surface area contributed by atoms with Crippen molar-refractivity contribution >= 4 is 27.3 Å². The maximum atomic E-state index is 13.3. The second-order valence-electron chi connectivity index (χ2n) is 3.26. The van der Waals surface area contributed by atoms with E-state index in [1.807, 2.05) is 0 Å². The maximum absolute atomic E-state index is 13.3. The molecule has 0 fully saturated rings. The molecule has 0 aliphatic carbocycles. The van der Waals surface area contributed by atoms with Crippen molar-refractivity contribution in [1.82, 2.24) is 5.32 Å². The number of halogens is 5. The van der Waals surface area contributed by atoms with Crippen LogP contribution in [0.15, 0.2) is 9.85 Å². The molecule has 16 heavy (non-hydrogen) atoms. The van der Waals surface area contributed by atoms with E-state index in [1.54, 1.807) is 6.92 Å². The number of alkyl halides is 4. The first-order valence-electron chi connectivity index (χ1n) is 4.39. The molecule has 0 aliphatic rings. The lowest BCUT2D eigenvalue weighted by atomic mass is 10.0. The van der Waals surface area contributed by atoms with Gasteiger partial charge in [-0.05, 0) is 41.5 Å².